The smallest absolute Gasteiger partial charge is 0.475 e. The second-order valence-corrected chi connectivity index (χ2v) is 2.68. The van der Waals surface area contributed by atoms with Crippen LogP contribution < -0.4 is 5.32 Å². The molecular weight excluding hydrogens is 219 g/mol. The molecule has 1 aliphatic rings. The Hall–Kier alpha value is -0.860. The third-order valence-corrected chi connectivity index (χ3v) is 1.45. The second kappa shape index (κ2) is 6.59. The van der Waals surface area contributed by atoms with Crippen molar-refractivity contribution in [3.63, 3.8) is 0 Å². The van der Waals surface area contributed by atoms with Crippen LogP contribution in [0.3, 0.4) is 0 Å². The number of aliphatic hydroxyl groups excluding tert-OH is 1. The first kappa shape index (κ1) is 14.1. The van der Waals surface area contributed by atoms with Crippen LogP contribution in [0.15, 0.2) is 0 Å². The number of carboxylic acid groups (broad SMARTS) is 1. The molecule has 0 bridgehead atoms. The standard InChI is InChI=1S/C5H11NO2.C2HF3O2/c7-4-5-3-6-1-2-8-5;3-2(4,5)1(6)7/h5-7H,1-4H2;(H,6,7)/t5-;/m0./s1. The van der Waals surface area contributed by atoms with Gasteiger partial charge in [0.05, 0.1) is 19.3 Å². The molecule has 0 aromatic carbocycles. The Morgan fingerprint density at radius 1 is 1.53 bits per heavy atom. The fourth-order valence-electron chi connectivity index (χ4n) is 0.737. The Kier molecular flexibility index (Phi) is 6.21. The van der Waals surface area contributed by atoms with Crippen molar-refractivity contribution in [3.05, 3.63) is 0 Å². The highest BCUT2D eigenvalue weighted by molar-refractivity contribution is 5.73. The monoisotopic (exact) mass is 231 g/mol. The fraction of sp³-hybridized carbons (Fsp3) is 0.857. The maximum Gasteiger partial charge on any atom is 0.490 e. The third-order valence-electron chi connectivity index (χ3n) is 1.45. The molecule has 1 rings (SSSR count). The number of carbonyl (C=O) groups is 1. The molecule has 0 radical (unpaired) electrons. The van der Waals surface area contributed by atoms with E-state index in [1.807, 2.05) is 0 Å². The number of hydrogen-bond donors (Lipinski definition) is 3. The van der Waals surface area contributed by atoms with E-state index < -0.39 is 12.1 Å². The molecule has 0 aromatic rings. The number of hydrogen-bond acceptors (Lipinski definition) is 4. The van der Waals surface area contributed by atoms with Gasteiger partial charge in [-0.05, 0) is 0 Å². The molecule has 1 saturated heterocycles. The highest BCUT2D eigenvalue weighted by Gasteiger charge is 2.38. The molecule has 0 amide bonds. The van der Waals surface area contributed by atoms with Crippen LogP contribution in [0.25, 0.3) is 0 Å². The van der Waals surface area contributed by atoms with Crippen LogP contribution in [0.4, 0.5) is 13.2 Å². The molecule has 0 aromatic heterocycles. The Labute approximate surface area is 83.8 Å². The number of aliphatic carboxylic acids is 1. The van der Waals surface area contributed by atoms with E-state index >= 15 is 0 Å². The minimum Gasteiger partial charge on any atom is -0.475 e. The molecule has 0 spiro atoms. The average Bonchev–Trinajstić information content (AvgIpc) is 2.18. The minimum absolute atomic E-state index is 0.0312. The van der Waals surface area contributed by atoms with E-state index in [1.54, 1.807) is 0 Å². The van der Waals surface area contributed by atoms with E-state index in [-0.39, 0.29) is 12.7 Å². The quantitative estimate of drug-likeness (QED) is 0.572. The van der Waals surface area contributed by atoms with Gasteiger partial charge in [0.25, 0.3) is 0 Å². The molecule has 1 heterocycles. The number of halogens is 3. The summed E-state index contributed by atoms with van der Waals surface area (Å²) >= 11 is 0. The van der Waals surface area contributed by atoms with Crippen molar-refractivity contribution in [1.29, 1.82) is 0 Å². The van der Waals surface area contributed by atoms with Crippen molar-refractivity contribution in [2.75, 3.05) is 26.3 Å². The zero-order valence-corrected chi connectivity index (χ0v) is 7.75. The number of aliphatic hydroxyl groups is 1. The number of rotatable bonds is 1. The number of nitrogens with one attached hydrogen (secondary N) is 1. The van der Waals surface area contributed by atoms with Crippen LogP contribution >= 0.6 is 0 Å². The summed E-state index contributed by atoms with van der Waals surface area (Å²) in [5, 5.41) is 18.8. The SMILES string of the molecule is O=C(O)C(F)(F)F.OC[C@@H]1CNCCO1. The Morgan fingerprint density at radius 2 is 2.07 bits per heavy atom. The summed E-state index contributed by atoms with van der Waals surface area (Å²) < 4.78 is 36.9. The second-order valence-electron chi connectivity index (χ2n) is 2.68. The van der Waals surface area contributed by atoms with Crippen LogP contribution in [0, 0.1) is 0 Å². The molecule has 1 atom stereocenters. The van der Waals surface area contributed by atoms with Crippen molar-refractivity contribution < 1.29 is 32.9 Å². The van der Waals surface area contributed by atoms with Gasteiger partial charge in [-0.25, -0.2) is 4.79 Å². The third kappa shape index (κ3) is 7.11. The van der Waals surface area contributed by atoms with E-state index in [4.69, 9.17) is 19.7 Å². The van der Waals surface area contributed by atoms with Crippen molar-refractivity contribution in [3.8, 4) is 0 Å². The topological polar surface area (TPSA) is 78.8 Å². The van der Waals surface area contributed by atoms with Crippen molar-refractivity contribution >= 4 is 5.97 Å². The molecule has 1 aliphatic heterocycles. The molecule has 0 unspecified atom stereocenters. The summed E-state index contributed by atoms with van der Waals surface area (Å²) in [6.45, 7) is 2.56. The summed E-state index contributed by atoms with van der Waals surface area (Å²) in [6, 6.07) is 0. The van der Waals surface area contributed by atoms with Gasteiger partial charge in [-0.1, -0.05) is 0 Å². The van der Waals surface area contributed by atoms with Crippen LogP contribution in [0.2, 0.25) is 0 Å². The number of ether oxygens (including phenoxy) is 1. The maximum absolute atomic E-state index is 10.6. The molecule has 0 aliphatic carbocycles. The largest absolute Gasteiger partial charge is 0.490 e. The summed E-state index contributed by atoms with van der Waals surface area (Å²) in [7, 11) is 0. The first-order valence-corrected chi connectivity index (χ1v) is 4.11. The lowest BCUT2D eigenvalue weighted by atomic mass is 10.3. The van der Waals surface area contributed by atoms with Gasteiger partial charge < -0.3 is 20.3 Å². The zero-order valence-electron chi connectivity index (χ0n) is 7.75. The predicted octanol–water partition coefficient (Wildman–Crippen LogP) is -0.400. The summed E-state index contributed by atoms with van der Waals surface area (Å²) in [5.74, 6) is -2.76. The normalized spacial score (nSPS) is 21.5. The Morgan fingerprint density at radius 3 is 2.27 bits per heavy atom. The molecule has 5 nitrogen and oxygen atoms in total. The van der Waals surface area contributed by atoms with Gasteiger partial charge in [-0.15, -0.1) is 0 Å². The van der Waals surface area contributed by atoms with Crippen molar-refractivity contribution in [2.45, 2.75) is 12.3 Å². The number of carboxylic acids is 1. The van der Waals surface area contributed by atoms with Crippen molar-refractivity contribution in [1.82, 2.24) is 5.32 Å². The van der Waals surface area contributed by atoms with Crippen LogP contribution in [-0.2, 0) is 9.53 Å². The molecule has 3 N–H and O–H groups in total. The molecule has 8 heteroatoms. The van der Waals surface area contributed by atoms with Crippen LogP contribution in [0.5, 0.6) is 0 Å². The lowest BCUT2D eigenvalue weighted by Crippen LogP contribution is -2.40. The first-order chi connectivity index (χ1) is 6.88. The summed E-state index contributed by atoms with van der Waals surface area (Å²) in [4.78, 5) is 8.90. The van der Waals surface area contributed by atoms with E-state index in [9.17, 15) is 13.2 Å². The summed E-state index contributed by atoms with van der Waals surface area (Å²) in [6.07, 6.45) is -5.05. The van der Waals surface area contributed by atoms with Gasteiger partial charge in [0.15, 0.2) is 0 Å². The van der Waals surface area contributed by atoms with E-state index in [2.05, 4.69) is 5.32 Å². The van der Waals surface area contributed by atoms with Crippen molar-refractivity contribution in [2.24, 2.45) is 0 Å². The Balaban J connectivity index is 0.000000265. The first-order valence-electron chi connectivity index (χ1n) is 4.11. The van der Waals surface area contributed by atoms with Gasteiger partial charge in [0.1, 0.15) is 0 Å². The molecule has 0 saturated carbocycles. The molecule has 90 valence electrons. The lowest BCUT2D eigenvalue weighted by Gasteiger charge is -2.21. The predicted molar refractivity (Wildman–Crippen MR) is 43.4 cm³/mol. The highest BCUT2D eigenvalue weighted by Crippen LogP contribution is 2.13. The fourth-order valence-corrected chi connectivity index (χ4v) is 0.737. The van der Waals surface area contributed by atoms with Gasteiger partial charge in [0, 0.05) is 13.1 Å². The number of alkyl halides is 3. The summed E-state index contributed by atoms with van der Waals surface area (Å²) in [5.41, 5.74) is 0. The van der Waals surface area contributed by atoms with E-state index in [0.29, 0.717) is 0 Å². The Bertz CT molecular complexity index is 191. The molecule has 15 heavy (non-hydrogen) atoms. The molecular formula is C7H12F3NO4. The maximum atomic E-state index is 10.6. The van der Waals surface area contributed by atoms with E-state index in [1.165, 1.54) is 0 Å². The average molecular weight is 231 g/mol. The minimum atomic E-state index is -5.08. The van der Waals surface area contributed by atoms with Crippen LogP contribution in [-0.4, -0.2) is 54.8 Å². The van der Waals surface area contributed by atoms with Crippen LogP contribution in [0.1, 0.15) is 0 Å². The number of morpholine rings is 1. The van der Waals surface area contributed by atoms with Gasteiger partial charge in [0.2, 0.25) is 0 Å². The van der Waals surface area contributed by atoms with E-state index in [0.717, 1.165) is 19.7 Å². The zero-order chi connectivity index (χ0) is 11.9. The highest BCUT2D eigenvalue weighted by atomic mass is 19.4. The van der Waals surface area contributed by atoms with Gasteiger partial charge >= 0.3 is 12.1 Å². The lowest BCUT2D eigenvalue weighted by molar-refractivity contribution is -0.192. The van der Waals surface area contributed by atoms with Gasteiger partial charge in [-0.3, -0.25) is 0 Å². The molecule has 1 fully saturated rings. The van der Waals surface area contributed by atoms with Gasteiger partial charge in [-0.2, -0.15) is 13.2 Å².